The minimum atomic E-state index is -0.407. The molecule has 1 aliphatic heterocycles. The number of rotatable bonds is 8. The van der Waals surface area contributed by atoms with Crippen LogP contribution in [-0.2, 0) is 47.5 Å². The zero-order valence-electron chi connectivity index (χ0n) is 33.0. The predicted molar refractivity (Wildman–Crippen MR) is 230 cm³/mol. The largest absolute Gasteiger partial charge is 4.00 e. The number of para-hydroxylation sites is 1. The summed E-state index contributed by atoms with van der Waals surface area (Å²) in [6.07, 6.45) is 15.8. The average Bonchev–Trinajstić information content (AvgIpc) is 4.04. The molecule has 2 aliphatic rings. The van der Waals surface area contributed by atoms with Crippen molar-refractivity contribution >= 4 is 5.69 Å². The van der Waals surface area contributed by atoms with Crippen LogP contribution in [0.1, 0.15) is 23.6 Å². The molecule has 0 fully saturated rings. The predicted octanol–water partition coefficient (Wildman–Crippen LogP) is 11.6. The first-order valence-electron chi connectivity index (χ1n) is 19.1. The molecule has 302 valence electrons. The van der Waals surface area contributed by atoms with Gasteiger partial charge in [0.1, 0.15) is 0 Å². The van der Waals surface area contributed by atoms with Crippen molar-refractivity contribution in [1.82, 2.24) is 14.5 Å². The number of ether oxygens (including phenoxy) is 2. The Labute approximate surface area is 386 Å². The molecule has 10 rings (SSSR count). The van der Waals surface area contributed by atoms with E-state index in [0.29, 0.717) is 23.0 Å². The molecular formula is C53H35N4O2Pt2-3. The van der Waals surface area contributed by atoms with Crippen molar-refractivity contribution < 1.29 is 51.6 Å². The topological polar surface area (TPSA) is 42.8 Å². The van der Waals surface area contributed by atoms with Gasteiger partial charge in [0.2, 0.25) is 0 Å². The van der Waals surface area contributed by atoms with Crippen molar-refractivity contribution in [1.29, 1.82) is 0 Å². The van der Waals surface area contributed by atoms with E-state index in [-0.39, 0.29) is 42.1 Å². The van der Waals surface area contributed by atoms with Gasteiger partial charge in [-0.15, -0.1) is 71.4 Å². The monoisotopic (exact) mass is 1150 g/mol. The number of benzene rings is 6. The van der Waals surface area contributed by atoms with Crippen molar-refractivity contribution in [3.63, 3.8) is 0 Å². The van der Waals surface area contributed by atoms with Gasteiger partial charge >= 0.3 is 21.1 Å². The van der Waals surface area contributed by atoms with Crippen molar-refractivity contribution in [2.24, 2.45) is 0 Å². The van der Waals surface area contributed by atoms with Gasteiger partial charge in [0.15, 0.2) is 0 Å². The number of fused-ring (bicyclic) bond motifs is 3. The summed E-state index contributed by atoms with van der Waals surface area (Å²) in [5.41, 5.74) is 9.82. The van der Waals surface area contributed by atoms with E-state index in [1.165, 1.54) is 22.3 Å². The van der Waals surface area contributed by atoms with Crippen LogP contribution in [-0.4, -0.2) is 21.5 Å². The molecule has 6 nitrogen and oxygen atoms in total. The van der Waals surface area contributed by atoms with E-state index in [1.807, 2.05) is 110 Å². The minimum absolute atomic E-state index is 0. The van der Waals surface area contributed by atoms with Crippen LogP contribution >= 0.6 is 0 Å². The summed E-state index contributed by atoms with van der Waals surface area (Å²) in [5.74, 6) is 2.38. The molecule has 8 aromatic rings. The Morgan fingerprint density at radius 3 is 1.93 bits per heavy atom. The summed E-state index contributed by atoms with van der Waals surface area (Å²) in [6, 6.07) is 65.4. The SMILES string of the molecule is CN1C=CN(c2[c-]c(Oc3[c-]c(-c4cc(-c5[c-]c(Oc6[c-]cccc6)ccc5)[c-]cn4)ccc3)cc(C3(C)c4ccccc4-c4ccccc43)c2)[CH-]1.[C-]#Cn1cccc1.[Pt+4].[Pt]. The average molecular weight is 1150 g/mol. The van der Waals surface area contributed by atoms with Gasteiger partial charge in [-0.25, -0.2) is 24.2 Å². The van der Waals surface area contributed by atoms with Crippen molar-refractivity contribution in [2.45, 2.75) is 12.3 Å². The summed E-state index contributed by atoms with van der Waals surface area (Å²) >= 11 is 0. The van der Waals surface area contributed by atoms with Crippen molar-refractivity contribution in [3.05, 3.63) is 231 Å². The number of hydrogen-bond acceptors (Lipinski definition) is 5. The summed E-state index contributed by atoms with van der Waals surface area (Å²) in [4.78, 5) is 8.72. The molecule has 0 saturated heterocycles. The van der Waals surface area contributed by atoms with E-state index < -0.39 is 5.41 Å². The maximum atomic E-state index is 6.63. The molecule has 2 aromatic heterocycles. The zero-order valence-corrected chi connectivity index (χ0v) is 37.5. The second-order valence-electron chi connectivity index (χ2n) is 14.2. The number of hydrogen-bond donors (Lipinski definition) is 0. The van der Waals surface area contributed by atoms with Gasteiger partial charge in [-0.3, -0.25) is 11.1 Å². The van der Waals surface area contributed by atoms with E-state index in [4.69, 9.17) is 15.9 Å². The van der Waals surface area contributed by atoms with Crippen LogP contribution in [0.25, 0.3) is 33.5 Å². The van der Waals surface area contributed by atoms with Crippen LogP contribution in [0, 0.1) is 49.5 Å². The Morgan fingerprint density at radius 1 is 0.656 bits per heavy atom. The van der Waals surface area contributed by atoms with Gasteiger partial charge in [0, 0.05) is 61.9 Å². The molecule has 0 saturated carbocycles. The Bertz CT molecular complexity index is 2790. The Balaban J connectivity index is 0.000000569. The fourth-order valence-corrected chi connectivity index (χ4v) is 7.47. The van der Waals surface area contributed by atoms with Crippen LogP contribution in [0.3, 0.4) is 0 Å². The van der Waals surface area contributed by atoms with Crippen LogP contribution in [0.4, 0.5) is 5.69 Å². The number of anilines is 1. The molecule has 6 aromatic carbocycles. The zero-order chi connectivity index (χ0) is 40.2. The van der Waals surface area contributed by atoms with E-state index in [2.05, 4.69) is 114 Å². The third kappa shape index (κ3) is 9.06. The van der Waals surface area contributed by atoms with Gasteiger partial charge in [-0.2, -0.15) is 37.0 Å². The van der Waals surface area contributed by atoms with Crippen LogP contribution in [0.15, 0.2) is 171 Å². The Morgan fingerprint density at radius 2 is 1.30 bits per heavy atom. The van der Waals surface area contributed by atoms with Crippen molar-refractivity contribution in [3.8, 4) is 62.6 Å². The number of pyridine rings is 1. The number of nitrogens with zero attached hydrogens (tertiary/aromatic N) is 4. The summed E-state index contributed by atoms with van der Waals surface area (Å²) in [5, 5.41) is 0. The first-order valence-corrected chi connectivity index (χ1v) is 19.1. The second-order valence-corrected chi connectivity index (χ2v) is 14.2. The summed E-state index contributed by atoms with van der Waals surface area (Å²) in [6.45, 7) is 4.33. The standard InChI is InChI=1S/C47H31N3O2.C6H4N.2Pt/c1-47(44-20-8-6-18-42(44)43-19-7-9-21-45(43)47)36-29-37(50-25-24-49(2)32-50)31-41(30-36)52-40-17-11-13-35(27-40)46-28-34(22-23-48-46)33-12-10-16-39(26-33)51-38-14-4-3-5-15-38;1-2-7-5-3-4-6-7;;/h3-14,16-21,23-25,28-30,32H,1-2H3;3-6H;;/q-6;-1;;+4. The van der Waals surface area contributed by atoms with E-state index >= 15 is 0 Å². The molecule has 0 amide bonds. The molecule has 1 aliphatic carbocycles. The quantitative estimate of drug-likeness (QED) is 0.112. The van der Waals surface area contributed by atoms with Crippen LogP contribution in [0.2, 0.25) is 0 Å². The van der Waals surface area contributed by atoms with E-state index in [1.54, 1.807) is 23.2 Å². The molecule has 0 spiro atoms. The molecule has 0 atom stereocenters. The van der Waals surface area contributed by atoms with E-state index in [0.717, 1.165) is 33.6 Å². The van der Waals surface area contributed by atoms with Gasteiger partial charge in [-0.05, 0) is 60.8 Å². The summed E-state index contributed by atoms with van der Waals surface area (Å²) in [7, 11) is 2.01. The van der Waals surface area contributed by atoms with Crippen LogP contribution in [0.5, 0.6) is 23.0 Å². The fourth-order valence-electron chi connectivity index (χ4n) is 7.47. The molecule has 61 heavy (non-hydrogen) atoms. The first kappa shape index (κ1) is 42.7. The molecule has 3 heterocycles. The first-order chi connectivity index (χ1) is 28.9. The van der Waals surface area contributed by atoms with E-state index in [9.17, 15) is 0 Å². The van der Waals surface area contributed by atoms with Crippen LogP contribution < -0.4 is 14.4 Å². The third-order valence-electron chi connectivity index (χ3n) is 10.3. The van der Waals surface area contributed by atoms with Gasteiger partial charge < -0.3 is 35.2 Å². The molecule has 0 N–H and O–H groups in total. The molecule has 0 radical (unpaired) electrons. The van der Waals surface area contributed by atoms with Gasteiger partial charge in [-0.1, -0.05) is 66.5 Å². The molecule has 0 bridgehead atoms. The number of aromatic nitrogens is 2. The molecular weight excluding hydrogens is 1110 g/mol. The second kappa shape index (κ2) is 18.9. The van der Waals surface area contributed by atoms with Gasteiger partial charge in [0.05, 0.1) is 0 Å². The maximum Gasteiger partial charge on any atom is 4.00 e. The normalized spacial score (nSPS) is 12.7. The summed E-state index contributed by atoms with van der Waals surface area (Å²) < 4.78 is 14.1. The minimum Gasteiger partial charge on any atom is -0.669 e. The van der Waals surface area contributed by atoms with Gasteiger partial charge in [0.25, 0.3) is 0 Å². The fraction of sp³-hybridized carbons (Fsp3) is 0.0566. The van der Waals surface area contributed by atoms with Crippen molar-refractivity contribution in [2.75, 3.05) is 11.9 Å². The molecule has 8 heteroatoms. The Kier molecular flexibility index (Phi) is 13.2. The molecule has 0 unspecified atom stereocenters. The maximum absolute atomic E-state index is 6.63. The smallest absolute Gasteiger partial charge is 0.669 e. The Hall–Kier alpha value is -6.37. The third-order valence-corrected chi connectivity index (χ3v) is 10.3.